The van der Waals surface area contributed by atoms with E-state index in [0.717, 1.165) is 10.5 Å². The van der Waals surface area contributed by atoms with Crippen LogP contribution in [-0.4, -0.2) is 49.3 Å². The van der Waals surface area contributed by atoms with Crippen molar-refractivity contribution in [2.45, 2.75) is 11.4 Å². The molecule has 1 aromatic heterocycles. The molecule has 0 fully saturated rings. The molecule has 0 spiro atoms. The number of nitrogens with zero attached hydrogens (tertiary/aromatic N) is 3. The Morgan fingerprint density at radius 1 is 0.943 bits per heavy atom. The molecule has 0 atom stereocenters. The number of sulfonamides is 1. The largest absolute Gasteiger partial charge is 0.481 e. The van der Waals surface area contributed by atoms with Gasteiger partial charge in [-0.05, 0) is 29.8 Å². The van der Waals surface area contributed by atoms with Crippen molar-refractivity contribution in [3.8, 4) is 11.9 Å². The molecule has 2 N–H and O–H groups in total. The van der Waals surface area contributed by atoms with E-state index in [-0.39, 0.29) is 34.8 Å². The molecule has 11 nitrogen and oxygen atoms in total. The monoisotopic (exact) mass is 495 g/mol. The molecule has 0 radical (unpaired) electrons. The van der Waals surface area contributed by atoms with Gasteiger partial charge >= 0.3 is 6.01 Å². The average molecular weight is 496 g/mol. The molecular formula is C23H21N5O6S. The number of carbonyl (C=O) groups is 2. The summed E-state index contributed by atoms with van der Waals surface area (Å²) in [7, 11) is -1.27. The normalized spacial score (nSPS) is 13.4. The van der Waals surface area contributed by atoms with Gasteiger partial charge in [0.25, 0.3) is 21.8 Å². The standard InChI is InChI=1S/C23H21N5O6S/c1-33-20-13-19(25-23(26-20)34-2)27-35(31,32)17-10-8-16(9-11-17)24-18-12-21(29)28(22(18)30)14-15-6-4-3-5-7-15/h3-13,24H,14H2,1-2H3,(H,25,26,27). The lowest BCUT2D eigenvalue weighted by molar-refractivity contribution is -0.137. The minimum Gasteiger partial charge on any atom is -0.481 e. The molecular weight excluding hydrogens is 474 g/mol. The van der Waals surface area contributed by atoms with Crippen LogP contribution in [0.1, 0.15) is 5.56 Å². The Kier molecular flexibility index (Phi) is 6.64. The number of hydrogen-bond donors (Lipinski definition) is 2. The zero-order valence-electron chi connectivity index (χ0n) is 18.8. The first-order chi connectivity index (χ1) is 16.8. The van der Waals surface area contributed by atoms with Gasteiger partial charge in [0.2, 0.25) is 5.88 Å². The van der Waals surface area contributed by atoms with Crippen LogP contribution in [0.25, 0.3) is 0 Å². The number of amides is 2. The highest BCUT2D eigenvalue weighted by molar-refractivity contribution is 7.92. The fourth-order valence-electron chi connectivity index (χ4n) is 3.24. The summed E-state index contributed by atoms with van der Waals surface area (Å²) in [5.74, 6) is -0.807. The van der Waals surface area contributed by atoms with Crippen molar-refractivity contribution in [3.05, 3.63) is 78.0 Å². The highest BCUT2D eigenvalue weighted by Crippen LogP contribution is 2.23. The third-order valence-corrected chi connectivity index (χ3v) is 6.32. The third kappa shape index (κ3) is 5.38. The van der Waals surface area contributed by atoms with E-state index in [0.29, 0.717) is 5.69 Å². The van der Waals surface area contributed by atoms with Crippen molar-refractivity contribution < 1.29 is 27.5 Å². The minimum atomic E-state index is -3.99. The number of rotatable bonds is 9. The predicted octanol–water partition coefficient (Wildman–Crippen LogP) is 2.16. The summed E-state index contributed by atoms with van der Waals surface area (Å²) in [4.78, 5) is 34.0. The van der Waals surface area contributed by atoms with Crippen molar-refractivity contribution in [1.29, 1.82) is 0 Å². The van der Waals surface area contributed by atoms with Gasteiger partial charge in [0.05, 0.1) is 25.7 Å². The Bertz CT molecular complexity index is 1370. The van der Waals surface area contributed by atoms with E-state index in [9.17, 15) is 18.0 Å². The number of carbonyl (C=O) groups excluding carboxylic acids is 2. The molecule has 35 heavy (non-hydrogen) atoms. The third-order valence-electron chi connectivity index (χ3n) is 4.95. The van der Waals surface area contributed by atoms with Gasteiger partial charge in [-0.2, -0.15) is 9.97 Å². The highest BCUT2D eigenvalue weighted by Gasteiger charge is 2.31. The lowest BCUT2D eigenvalue weighted by Gasteiger charge is -2.15. The highest BCUT2D eigenvalue weighted by atomic mass is 32.2. The van der Waals surface area contributed by atoms with Gasteiger partial charge in [-0.1, -0.05) is 30.3 Å². The second kappa shape index (κ2) is 9.81. The summed E-state index contributed by atoms with van der Waals surface area (Å²) in [5.41, 5.74) is 1.35. The van der Waals surface area contributed by atoms with Crippen LogP contribution in [0.5, 0.6) is 11.9 Å². The van der Waals surface area contributed by atoms with E-state index in [1.54, 1.807) is 0 Å². The van der Waals surface area contributed by atoms with Crippen molar-refractivity contribution in [2.75, 3.05) is 24.3 Å². The van der Waals surface area contributed by atoms with Crippen molar-refractivity contribution in [1.82, 2.24) is 14.9 Å². The number of imide groups is 1. The van der Waals surface area contributed by atoms with Gasteiger partial charge < -0.3 is 14.8 Å². The quantitative estimate of drug-likeness (QED) is 0.427. The zero-order valence-corrected chi connectivity index (χ0v) is 19.6. The molecule has 3 aromatic rings. The SMILES string of the molecule is COc1cc(NS(=O)(=O)c2ccc(NC3=CC(=O)N(Cc4ccccc4)C3=O)cc2)nc(OC)n1. The Morgan fingerprint density at radius 2 is 1.66 bits per heavy atom. The van der Waals surface area contributed by atoms with E-state index in [4.69, 9.17) is 9.47 Å². The van der Waals surface area contributed by atoms with Gasteiger partial charge in [0.1, 0.15) is 5.70 Å². The maximum atomic E-state index is 12.8. The molecule has 0 saturated carbocycles. The maximum absolute atomic E-state index is 12.8. The molecule has 2 aromatic carbocycles. The molecule has 1 aliphatic heterocycles. The van der Waals surface area contributed by atoms with Gasteiger partial charge in [-0.25, -0.2) is 8.42 Å². The summed E-state index contributed by atoms with van der Waals surface area (Å²) < 4.78 is 37.9. The Labute approximate surface area is 201 Å². The number of ether oxygens (including phenoxy) is 2. The number of aromatic nitrogens is 2. The van der Waals surface area contributed by atoms with E-state index in [2.05, 4.69) is 20.0 Å². The van der Waals surface area contributed by atoms with Gasteiger partial charge in [0.15, 0.2) is 5.82 Å². The summed E-state index contributed by atoms with van der Waals surface area (Å²) in [6.07, 6.45) is 1.22. The van der Waals surface area contributed by atoms with E-state index >= 15 is 0 Å². The number of methoxy groups -OCH3 is 2. The smallest absolute Gasteiger partial charge is 0.321 e. The molecule has 0 bridgehead atoms. The molecule has 4 rings (SSSR count). The first-order valence-electron chi connectivity index (χ1n) is 10.3. The summed E-state index contributed by atoms with van der Waals surface area (Å²) in [6.45, 7) is 0.154. The van der Waals surface area contributed by atoms with Crippen LogP contribution < -0.4 is 19.5 Å². The van der Waals surface area contributed by atoms with Crippen molar-refractivity contribution in [2.24, 2.45) is 0 Å². The molecule has 0 saturated heterocycles. The summed E-state index contributed by atoms with van der Waals surface area (Å²) in [5, 5.41) is 2.88. The van der Waals surface area contributed by atoms with Crippen LogP contribution >= 0.6 is 0 Å². The number of nitrogens with one attached hydrogen (secondary N) is 2. The van der Waals surface area contributed by atoms with Crippen LogP contribution in [-0.2, 0) is 26.2 Å². The number of benzene rings is 2. The molecule has 2 heterocycles. The summed E-state index contributed by atoms with van der Waals surface area (Å²) in [6, 6.07) is 16.1. The first kappa shape index (κ1) is 23.7. The van der Waals surface area contributed by atoms with E-state index in [1.807, 2.05) is 30.3 Å². The minimum absolute atomic E-state index is 0.0328. The zero-order chi connectivity index (χ0) is 25.0. The fourth-order valence-corrected chi connectivity index (χ4v) is 4.23. The van der Waals surface area contributed by atoms with Crippen LogP contribution in [0.3, 0.4) is 0 Å². The molecule has 12 heteroatoms. The predicted molar refractivity (Wildman–Crippen MR) is 126 cm³/mol. The molecule has 2 amide bonds. The van der Waals surface area contributed by atoms with Crippen LogP contribution in [0.2, 0.25) is 0 Å². The summed E-state index contributed by atoms with van der Waals surface area (Å²) >= 11 is 0. The molecule has 0 unspecified atom stereocenters. The Morgan fingerprint density at radius 3 is 2.31 bits per heavy atom. The second-order valence-electron chi connectivity index (χ2n) is 7.31. The number of hydrogen-bond acceptors (Lipinski definition) is 9. The molecule has 180 valence electrons. The Balaban J connectivity index is 1.45. The first-order valence-corrected chi connectivity index (χ1v) is 11.8. The lowest BCUT2D eigenvalue weighted by Crippen LogP contribution is -2.31. The van der Waals surface area contributed by atoms with Crippen molar-refractivity contribution >= 4 is 33.3 Å². The average Bonchev–Trinajstić information content (AvgIpc) is 3.11. The molecule has 0 aliphatic carbocycles. The second-order valence-corrected chi connectivity index (χ2v) is 8.99. The van der Waals surface area contributed by atoms with Gasteiger partial charge in [-0.15, -0.1) is 0 Å². The maximum Gasteiger partial charge on any atom is 0.321 e. The van der Waals surface area contributed by atoms with E-state index < -0.39 is 21.8 Å². The van der Waals surface area contributed by atoms with Gasteiger partial charge in [-0.3, -0.25) is 19.2 Å². The number of anilines is 2. The lowest BCUT2D eigenvalue weighted by atomic mass is 10.2. The van der Waals surface area contributed by atoms with Crippen LogP contribution in [0.15, 0.2) is 77.3 Å². The van der Waals surface area contributed by atoms with Crippen LogP contribution in [0.4, 0.5) is 11.5 Å². The topological polar surface area (TPSA) is 140 Å². The van der Waals surface area contributed by atoms with Crippen molar-refractivity contribution in [3.63, 3.8) is 0 Å². The van der Waals surface area contributed by atoms with Gasteiger partial charge in [0, 0.05) is 17.8 Å². The Hall–Kier alpha value is -4.45. The van der Waals surface area contributed by atoms with Crippen LogP contribution in [0, 0.1) is 0 Å². The van der Waals surface area contributed by atoms with E-state index in [1.165, 1.54) is 50.6 Å². The molecule has 1 aliphatic rings. The fraction of sp³-hybridized carbons (Fsp3) is 0.130.